The van der Waals surface area contributed by atoms with Crippen molar-refractivity contribution < 1.29 is 9.47 Å². The van der Waals surface area contributed by atoms with Crippen LogP contribution in [-0.4, -0.2) is 0 Å². The lowest BCUT2D eigenvalue weighted by molar-refractivity contribution is 0.480. The van der Waals surface area contributed by atoms with Crippen LogP contribution in [0.3, 0.4) is 0 Å². The number of halogens is 2. The van der Waals surface area contributed by atoms with Crippen LogP contribution in [0.25, 0.3) is 11.1 Å². The zero-order valence-electron chi connectivity index (χ0n) is 14.8. The van der Waals surface area contributed by atoms with E-state index in [1.54, 1.807) is 0 Å². The van der Waals surface area contributed by atoms with Crippen molar-refractivity contribution in [2.75, 3.05) is 0 Å². The van der Waals surface area contributed by atoms with Crippen LogP contribution in [0.4, 0.5) is 0 Å². The smallest absolute Gasteiger partial charge is 0.146 e. The van der Waals surface area contributed by atoms with Crippen molar-refractivity contribution in [2.45, 2.75) is 0 Å². The molecule has 0 N–H and O–H groups in total. The van der Waals surface area contributed by atoms with Gasteiger partial charge < -0.3 is 9.47 Å². The van der Waals surface area contributed by atoms with Gasteiger partial charge >= 0.3 is 0 Å². The van der Waals surface area contributed by atoms with E-state index in [0.29, 0.717) is 16.5 Å². The van der Waals surface area contributed by atoms with Crippen molar-refractivity contribution in [3.63, 3.8) is 0 Å². The fourth-order valence-electron chi connectivity index (χ4n) is 2.82. The maximum Gasteiger partial charge on any atom is 0.146 e. The molecule has 0 aliphatic carbocycles. The summed E-state index contributed by atoms with van der Waals surface area (Å²) < 4.78 is 13.0. The summed E-state index contributed by atoms with van der Waals surface area (Å²) in [5.74, 6) is 2.86. The SMILES string of the molecule is Clc1ccccc1Oc1cccc(-c2ccccc2Oc2ccccc2Br)c1. The van der Waals surface area contributed by atoms with Crippen molar-refractivity contribution in [2.24, 2.45) is 0 Å². The molecule has 0 radical (unpaired) electrons. The maximum absolute atomic E-state index is 6.21. The maximum atomic E-state index is 6.21. The van der Waals surface area contributed by atoms with Crippen LogP contribution in [0.5, 0.6) is 23.0 Å². The molecule has 4 aromatic carbocycles. The summed E-state index contributed by atoms with van der Waals surface area (Å²) in [6.07, 6.45) is 0. The largest absolute Gasteiger partial charge is 0.456 e. The van der Waals surface area contributed by atoms with Crippen LogP contribution < -0.4 is 9.47 Å². The van der Waals surface area contributed by atoms with Crippen molar-refractivity contribution in [1.82, 2.24) is 0 Å². The molecule has 4 rings (SSSR count). The fraction of sp³-hybridized carbons (Fsp3) is 0. The Hall–Kier alpha value is -2.75. The molecule has 138 valence electrons. The first-order valence-corrected chi connectivity index (χ1v) is 9.92. The van der Waals surface area contributed by atoms with Crippen molar-refractivity contribution in [1.29, 1.82) is 0 Å². The molecule has 28 heavy (non-hydrogen) atoms. The second-order valence-corrected chi connectivity index (χ2v) is 7.35. The minimum Gasteiger partial charge on any atom is -0.456 e. The average Bonchev–Trinajstić information content (AvgIpc) is 2.72. The monoisotopic (exact) mass is 450 g/mol. The van der Waals surface area contributed by atoms with Gasteiger partial charge in [-0.15, -0.1) is 0 Å². The molecule has 0 aliphatic heterocycles. The lowest BCUT2D eigenvalue weighted by Crippen LogP contribution is -1.90. The first-order chi connectivity index (χ1) is 13.7. The zero-order chi connectivity index (χ0) is 19.3. The molecule has 2 nitrogen and oxygen atoms in total. The van der Waals surface area contributed by atoms with Crippen molar-refractivity contribution in [3.8, 4) is 34.1 Å². The summed E-state index contributed by atoms with van der Waals surface area (Å²) >= 11 is 9.74. The standard InChI is InChI=1S/C24H16BrClO2/c25-20-11-2-5-14-23(20)28-22-13-4-1-10-19(22)17-8-7-9-18(16-17)27-24-15-6-3-12-21(24)26/h1-16H. The highest BCUT2D eigenvalue weighted by molar-refractivity contribution is 9.10. The third-order valence-corrected chi connectivity index (χ3v) is 5.12. The molecule has 0 spiro atoms. The quantitative estimate of drug-likeness (QED) is 0.303. The van der Waals surface area contributed by atoms with Crippen LogP contribution >= 0.6 is 27.5 Å². The second-order valence-electron chi connectivity index (χ2n) is 6.09. The number of rotatable bonds is 5. The molecule has 0 saturated heterocycles. The molecular formula is C24H16BrClO2. The molecule has 0 saturated carbocycles. The van der Waals surface area contributed by atoms with Crippen LogP contribution in [-0.2, 0) is 0 Å². The summed E-state index contributed by atoms with van der Waals surface area (Å²) in [4.78, 5) is 0. The fourth-order valence-corrected chi connectivity index (χ4v) is 3.36. The number of para-hydroxylation sites is 3. The van der Waals surface area contributed by atoms with Gasteiger partial charge in [0.2, 0.25) is 0 Å². The molecule has 0 atom stereocenters. The van der Waals surface area contributed by atoms with E-state index in [2.05, 4.69) is 15.9 Å². The van der Waals surface area contributed by atoms with Crippen LogP contribution in [0.15, 0.2) is 102 Å². The van der Waals surface area contributed by atoms with E-state index in [9.17, 15) is 0 Å². The predicted molar refractivity (Wildman–Crippen MR) is 118 cm³/mol. The van der Waals surface area contributed by atoms with E-state index in [1.807, 2.05) is 97.1 Å². The molecule has 0 heterocycles. The summed E-state index contributed by atoms with van der Waals surface area (Å²) in [6, 6.07) is 31.0. The molecule has 0 aromatic heterocycles. The van der Waals surface area contributed by atoms with Gasteiger partial charge in [-0.2, -0.15) is 0 Å². The minimum absolute atomic E-state index is 0.575. The molecule has 0 amide bonds. The molecule has 4 heteroatoms. The van der Waals surface area contributed by atoms with E-state index in [4.69, 9.17) is 21.1 Å². The van der Waals surface area contributed by atoms with Gasteiger partial charge in [0, 0.05) is 5.56 Å². The molecule has 0 bridgehead atoms. The lowest BCUT2D eigenvalue weighted by Gasteiger charge is -2.14. The number of benzene rings is 4. The summed E-state index contributed by atoms with van der Waals surface area (Å²) in [6.45, 7) is 0. The lowest BCUT2D eigenvalue weighted by atomic mass is 10.0. The third kappa shape index (κ3) is 4.22. The first kappa shape index (κ1) is 18.6. The summed E-state index contributed by atoms with van der Waals surface area (Å²) in [5.41, 5.74) is 1.97. The van der Waals surface area contributed by atoms with Crippen LogP contribution in [0.1, 0.15) is 0 Å². The van der Waals surface area contributed by atoms with Gasteiger partial charge in [-0.05, 0) is 64.0 Å². The Balaban J connectivity index is 1.67. The first-order valence-electron chi connectivity index (χ1n) is 8.75. The Morgan fingerprint density at radius 3 is 2.07 bits per heavy atom. The molecule has 4 aromatic rings. The van der Waals surface area contributed by atoms with E-state index in [-0.39, 0.29) is 0 Å². The van der Waals surface area contributed by atoms with Gasteiger partial charge in [0.05, 0.1) is 9.50 Å². The highest BCUT2D eigenvalue weighted by Gasteiger charge is 2.10. The van der Waals surface area contributed by atoms with Crippen LogP contribution in [0.2, 0.25) is 5.02 Å². The molecular weight excluding hydrogens is 436 g/mol. The highest BCUT2D eigenvalue weighted by atomic mass is 79.9. The Bertz CT molecular complexity index is 1110. The molecule has 0 fully saturated rings. The van der Waals surface area contributed by atoms with Gasteiger partial charge in [0.1, 0.15) is 23.0 Å². The number of hydrogen-bond acceptors (Lipinski definition) is 2. The second kappa shape index (κ2) is 8.51. The summed E-state index contributed by atoms with van der Waals surface area (Å²) in [7, 11) is 0. The highest BCUT2D eigenvalue weighted by Crippen LogP contribution is 2.38. The van der Waals surface area contributed by atoms with Crippen molar-refractivity contribution >= 4 is 27.5 Å². The van der Waals surface area contributed by atoms with E-state index < -0.39 is 0 Å². The zero-order valence-corrected chi connectivity index (χ0v) is 17.2. The Morgan fingerprint density at radius 1 is 0.607 bits per heavy atom. The summed E-state index contributed by atoms with van der Waals surface area (Å²) in [5, 5.41) is 0.575. The predicted octanol–water partition coefficient (Wildman–Crippen LogP) is 8.35. The number of hydrogen-bond donors (Lipinski definition) is 0. The van der Waals surface area contributed by atoms with Gasteiger partial charge in [-0.3, -0.25) is 0 Å². The van der Waals surface area contributed by atoms with E-state index >= 15 is 0 Å². The topological polar surface area (TPSA) is 18.5 Å². The number of ether oxygens (including phenoxy) is 2. The minimum atomic E-state index is 0.575. The van der Waals surface area contributed by atoms with Gasteiger partial charge in [0.25, 0.3) is 0 Å². The third-order valence-electron chi connectivity index (χ3n) is 4.15. The van der Waals surface area contributed by atoms with E-state index in [0.717, 1.165) is 27.1 Å². The molecule has 0 unspecified atom stereocenters. The Labute approximate surface area is 177 Å². The average molecular weight is 452 g/mol. The normalized spacial score (nSPS) is 10.5. The van der Waals surface area contributed by atoms with Gasteiger partial charge in [0.15, 0.2) is 0 Å². The van der Waals surface area contributed by atoms with E-state index in [1.165, 1.54) is 0 Å². The molecule has 0 aliphatic rings. The Morgan fingerprint density at radius 2 is 1.29 bits per heavy atom. The van der Waals surface area contributed by atoms with Gasteiger partial charge in [-0.25, -0.2) is 0 Å². The van der Waals surface area contributed by atoms with Crippen molar-refractivity contribution in [3.05, 3.63) is 107 Å². The Kier molecular flexibility index (Phi) is 5.65. The van der Waals surface area contributed by atoms with Crippen LogP contribution in [0, 0.1) is 0 Å². The van der Waals surface area contributed by atoms with Gasteiger partial charge in [-0.1, -0.05) is 66.2 Å².